The summed E-state index contributed by atoms with van der Waals surface area (Å²) in [5.74, 6) is 0.450. The molecular weight excluding hydrogens is 564 g/mol. The van der Waals surface area contributed by atoms with E-state index in [1.165, 1.54) is 11.3 Å². The topological polar surface area (TPSA) is 130 Å². The molecule has 10 nitrogen and oxygen atoms in total. The van der Waals surface area contributed by atoms with Crippen LogP contribution in [0.25, 0.3) is 11.1 Å². The first-order chi connectivity index (χ1) is 19.8. The first-order valence-corrected chi connectivity index (χ1v) is 16.1. The van der Waals surface area contributed by atoms with E-state index in [1.54, 1.807) is 25.4 Å². The number of thiophene rings is 1. The van der Waals surface area contributed by atoms with E-state index >= 15 is 0 Å². The van der Waals surface area contributed by atoms with Crippen LogP contribution in [0.4, 0.5) is 10.5 Å². The Morgan fingerprint density at radius 3 is 2.80 bits per heavy atom. The molecule has 218 valence electrons. The Balaban J connectivity index is 1.19. The van der Waals surface area contributed by atoms with Crippen molar-refractivity contribution in [2.45, 2.75) is 42.9 Å². The summed E-state index contributed by atoms with van der Waals surface area (Å²) in [5, 5.41) is 12.3. The number of hydrogen-bond donors (Lipinski definition) is 3. The standard InChI is InChI=1S/C29H34N4O6S2/c1-38-25-13-20(7-10-30-25)23-6-5-19-3-2-4-22(19)27(23)31-28(35)32-41(36,37)26-14-21-15-33(11-8-24(21)40-26)16-29(9-12-34)17-39-18-29/h5-7,10,13-14,34H,2-4,8-9,11-12,15-18H2,1H3,(H2,31,32,35). The van der Waals surface area contributed by atoms with Crippen molar-refractivity contribution in [2.24, 2.45) is 5.41 Å². The van der Waals surface area contributed by atoms with Crippen LogP contribution in [0.2, 0.25) is 0 Å². The van der Waals surface area contributed by atoms with Crippen LogP contribution in [0.1, 0.15) is 34.4 Å². The van der Waals surface area contributed by atoms with Crippen LogP contribution in [-0.2, 0) is 40.6 Å². The number of aliphatic hydroxyl groups is 1. The molecule has 0 saturated carbocycles. The summed E-state index contributed by atoms with van der Waals surface area (Å²) in [6.07, 6.45) is 5.76. The maximum absolute atomic E-state index is 13.3. The molecule has 4 heterocycles. The number of aliphatic hydroxyl groups excluding tert-OH is 1. The molecule has 3 N–H and O–H groups in total. The van der Waals surface area contributed by atoms with Crippen LogP contribution in [0.15, 0.2) is 40.7 Å². The van der Waals surface area contributed by atoms with Gasteiger partial charge in [0.15, 0.2) is 0 Å². The van der Waals surface area contributed by atoms with Crippen molar-refractivity contribution in [2.75, 3.05) is 45.3 Å². The number of benzene rings is 1. The van der Waals surface area contributed by atoms with E-state index in [0.29, 0.717) is 37.7 Å². The Labute approximate surface area is 243 Å². The van der Waals surface area contributed by atoms with Crippen LogP contribution < -0.4 is 14.8 Å². The van der Waals surface area contributed by atoms with Gasteiger partial charge < -0.3 is 19.9 Å². The predicted molar refractivity (Wildman–Crippen MR) is 156 cm³/mol. The first kappa shape index (κ1) is 28.1. The zero-order valence-electron chi connectivity index (χ0n) is 22.9. The summed E-state index contributed by atoms with van der Waals surface area (Å²) < 4.78 is 39.7. The van der Waals surface area contributed by atoms with Gasteiger partial charge in [0.2, 0.25) is 5.88 Å². The number of pyridine rings is 1. The number of hydrogen-bond acceptors (Lipinski definition) is 9. The molecule has 0 bridgehead atoms. The normalized spacial score (nSPS) is 17.8. The van der Waals surface area contributed by atoms with Gasteiger partial charge in [0.05, 0.1) is 26.0 Å². The van der Waals surface area contributed by atoms with E-state index in [4.69, 9.17) is 9.47 Å². The lowest BCUT2D eigenvalue weighted by Crippen LogP contribution is -2.52. The average Bonchev–Trinajstić information content (AvgIpc) is 3.59. The van der Waals surface area contributed by atoms with E-state index in [9.17, 15) is 18.3 Å². The van der Waals surface area contributed by atoms with Crippen LogP contribution in [0.5, 0.6) is 5.88 Å². The Kier molecular flexibility index (Phi) is 7.77. The van der Waals surface area contributed by atoms with Crippen molar-refractivity contribution in [3.63, 3.8) is 0 Å². The number of carbonyl (C=O) groups is 1. The number of ether oxygens (including phenoxy) is 2. The van der Waals surface area contributed by atoms with Crippen molar-refractivity contribution in [1.82, 2.24) is 14.6 Å². The van der Waals surface area contributed by atoms with E-state index in [0.717, 1.165) is 71.5 Å². The quantitative estimate of drug-likeness (QED) is 0.341. The van der Waals surface area contributed by atoms with Gasteiger partial charge in [-0.3, -0.25) is 4.90 Å². The van der Waals surface area contributed by atoms with E-state index < -0.39 is 16.1 Å². The van der Waals surface area contributed by atoms with Crippen LogP contribution in [0, 0.1) is 5.41 Å². The van der Waals surface area contributed by atoms with Gasteiger partial charge >= 0.3 is 6.03 Å². The fourth-order valence-corrected chi connectivity index (χ4v) is 8.55. The number of nitrogens with zero attached hydrogens (tertiary/aromatic N) is 2. The second-order valence-electron chi connectivity index (χ2n) is 11.1. The molecule has 1 saturated heterocycles. The minimum Gasteiger partial charge on any atom is -0.481 e. The Morgan fingerprint density at radius 1 is 1.20 bits per heavy atom. The van der Waals surface area contributed by atoms with Gasteiger partial charge in [0.25, 0.3) is 10.0 Å². The highest BCUT2D eigenvalue weighted by Gasteiger charge is 2.40. The van der Waals surface area contributed by atoms with E-state index in [1.807, 2.05) is 12.1 Å². The molecule has 2 amide bonds. The smallest absolute Gasteiger partial charge is 0.333 e. The van der Waals surface area contributed by atoms with Crippen molar-refractivity contribution in [3.05, 3.63) is 58.1 Å². The Morgan fingerprint density at radius 2 is 2.05 bits per heavy atom. The van der Waals surface area contributed by atoms with Crippen molar-refractivity contribution >= 4 is 33.1 Å². The number of urea groups is 1. The summed E-state index contributed by atoms with van der Waals surface area (Å²) in [5.41, 5.74) is 5.31. The third kappa shape index (κ3) is 5.71. The lowest BCUT2D eigenvalue weighted by atomic mass is 9.81. The number of aryl methyl sites for hydroxylation is 1. The molecule has 0 spiro atoms. The highest BCUT2D eigenvalue weighted by molar-refractivity contribution is 7.92. The SMILES string of the molecule is COc1cc(-c2ccc3c(c2NC(=O)NS(=O)(=O)c2cc4c(s2)CCN(CC2(CCO)COC2)C4)CCC3)ccn1. The monoisotopic (exact) mass is 598 g/mol. The second kappa shape index (κ2) is 11.3. The number of amides is 2. The molecule has 12 heteroatoms. The largest absolute Gasteiger partial charge is 0.481 e. The number of nitrogens with one attached hydrogen (secondary N) is 2. The van der Waals surface area contributed by atoms with Crippen LogP contribution in [-0.4, -0.2) is 69.5 Å². The molecule has 0 atom stereocenters. The van der Waals surface area contributed by atoms with E-state index in [-0.39, 0.29) is 16.2 Å². The number of methoxy groups -OCH3 is 1. The average molecular weight is 599 g/mol. The molecule has 0 unspecified atom stereocenters. The maximum atomic E-state index is 13.3. The number of fused-ring (bicyclic) bond motifs is 2. The molecule has 2 aliphatic heterocycles. The molecule has 1 aromatic carbocycles. The van der Waals surface area contributed by atoms with Gasteiger partial charge in [-0.25, -0.2) is 22.9 Å². The maximum Gasteiger partial charge on any atom is 0.333 e. The summed E-state index contributed by atoms with van der Waals surface area (Å²) in [6, 6.07) is 8.53. The lowest BCUT2D eigenvalue weighted by Gasteiger charge is -2.45. The summed E-state index contributed by atoms with van der Waals surface area (Å²) in [4.78, 5) is 20.7. The third-order valence-corrected chi connectivity index (χ3v) is 11.3. The van der Waals surface area contributed by atoms with E-state index in [2.05, 4.69) is 26.0 Å². The number of rotatable bonds is 9. The summed E-state index contributed by atoms with van der Waals surface area (Å²) >= 11 is 1.22. The Bertz CT molecular complexity index is 1570. The minimum atomic E-state index is -4.08. The molecule has 0 radical (unpaired) electrons. The minimum absolute atomic E-state index is 0.0330. The van der Waals surface area contributed by atoms with Gasteiger partial charge in [-0.1, -0.05) is 12.1 Å². The molecule has 1 fully saturated rings. The summed E-state index contributed by atoms with van der Waals surface area (Å²) in [6.45, 7) is 3.66. The zero-order chi connectivity index (χ0) is 28.6. The van der Waals surface area contributed by atoms with Crippen LogP contribution >= 0.6 is 11.3 Å². The predicted octanol–water partition coefficient (Wildman–Crippen LogP) is 3.57. The fraction of sp³-hybridized carbons (Fsp3) is 0.448. The van der Waals surface area contributed by atoms with Gasteiger partial charge in [0, 0.05) is 54.4 Å². The van der Waals surface area contributed by atoms with Crippen LogP contribution in [0.3, 0.4) is 0 Å². The molecule has 1 aliphatic carbocycles. The van der Waals surface area contributed by atoms with Gasteiger partial charge in [0.1, 0.15) is 4.21 Å². The highest BCUT2D eigenvalue weighted by Crippen LogP contribution is 2.39. The zero-order valence-corrected chi connectivity index (χ0v) is 24.6. The molecular formula is C29H34N4O6S2. The highest BCUT2D eigenvalue weighted by atomic mass is 32.2. The van der Waals surface area contributed by atoms with Crippen molar-refractivity contribution in [3.8, 4) is 17.0 Å². The number of anilines is 1. The second-order valence-corrected chi connectivity index (χ2v) is 14.1. The van der Waals surface area contributed by atoms with Gasteiger partial charge in [-0.2, -0.15) is 0 Å². The fourth-order valence-electron chi connectivity index (χ4n) is 6.10. The molecule has 3 aromatic rings. The number of carbonyl (C=O) groups excluding carboxylic acids is 1. The number of sulfonamides is 1. The molecule has 41 heavy (non-hydrogen) atoms. The van der Waals surface area contributed by atoms with Crippen molar-refractivity contribution in [1.29, 1.82) is 0 Å². The van der Waals surface area contributed by atoms with Gasteiger partial charge in [-0.15, -0.1) is 11.3 Å². The first-order valence-electron chi connectivity index (χ1n) is 13.8. The lowest BCUT2D eigenvalue weighted by molar-refractivity contribution is -0.136. The molecule has 3 aliphatic rings. The molecule has 2 aromatic heterocycles. The Hall–Kier alpha value is -3.03. The third-order valence-electron chi connectivity index (χ3n) is 8.21. The molecule has 6 rings (SSSR count). The summed E-state index contributed by atoms with van der Waals surface area (Å²) in [7, 11) is -2.53. The van der Waals surface area contributed by atoms with Crippen molar-refractivity contribution < 1.29 is 27.8 Å². The number of aromatic nitrogens is 1. The van der Waals surface area contributed by atoms with Gasteiger partial charge in [-0.05, 0) is 66.5 Å².